The first kappa shape index (κ1) is 11.5. The Morgan fingerprint density at radius 2 is 2.14 bits per heavy atom. The molecule has 1 N–H and O–H groups in total. The summed E-state index contributed by atoms with van der Waals surface area (Å²) in [5.41, 5.74) is 1.40. The van der Waals surface area contributed by atoms with Crippen LogP contribution in [-0.4, -0.2) is 26.8 Å². The highest BCUT2D eigenvalue weighted by Crippen LogP contribution is 2.21. The van der Waals surface area contributed by atoms with Gasteiger partial charge in [0.1, 0.15) is 0 Å². The van der Waals surface area contributed by atoms with Crippen LogP contribution in [0.1, 0.15) is 13.8 Å². The summed E-state index contributed by atoms with van der Waals surface area (Å²) in [7, 11) is 1.73. The molecule has 1 aliphatic rings. The van der Waals surface area contributed by atoms with Crippen LogP contribution in [0.25, 0.3) is 0 Å². The first-order chi connectivity index (χ1) is 6.74. The molecule has 0 aliphatic heterocycles. The van der Waals surface area contributed by atoms with Crippen molar-refractivity contribution in [3.63, 3.8) is 0 Å². The summed E-state index contributed by atoms with van der Waals surface area (Å²) in [6.45, 7) is 7.18. The third-order valence-corrected chi connectivity index (χ3v) is 2.73. The van der Waals surface area contributed by atoms with Crippen molar-refractivity contribution < 1.29 is 4.74 Å². The number of hydrogen-bond donors (Lipinski definition) is 1. The lowest BCUT2D eigenvalue weighted by Crippen LogP contribution is -2.22. The first-order valence-electron chi connectivity index (χ1n) is 5.32. The van der Waals surface area contributed by atoms with Crippen molar-refractivity contribution >= 4 is 0 Å². The smallest absolute Gasteiger partial charge is 0.0587 e. The van der Waals surface area contributed by atoms with E-state index >= 15 is 0 Å². The Labute approximate surface area is 87.0 Å². The van der Waals surface area contributed by atoms with E-state index in [1.54, 1.807) is 7.11 Å². The second kappa shape index (κ2) is 5.99. The molecular formula is C12H21NO. The lowest BCUT2D eigenvalue weighted by Gasteiger charge is -2.19. The quantitative estimate of drug-likeness (QED) is 0.677. The number of allylic oxidation sites excluding steroid dienone is 2. The molecule has 1 aliphatic carbocycles. The molecule has 0 aromatic heterocycles. The molecular weight excluding hydrogens is 174 g/mol. The second-order valence-corrected chi connectivity index (χ2v) is 3.99. The van der Waals surface area contributed by atoms with Crippen molar-refractivity contribution in [2.24, 2.45) is 11.8 Å². The molecule has 0 heterocycles. The number of methoxy groups -OCH3 is 1. The summed E-state index contributed by atoms with van der Waals surface area (Å²) in [5.74, 6) is 1.34. The summed E-state index contributed by atoms with van der Waals surface area (Å²) in [6.07, 6.45) is 6.87. The Balaban J connectivity index is 2.25. The highest BCUT2D eigenvalue weighted by atomic mass is 16.5. The van der Waals surface area contributed by atoms with Gasteiger partial charge in [-0.3, -0.25) is 0 Å². The summed E-state index contributed by atoms with van der Waals surface area (Å²) in [4.78, 5) is 0. The van der Waals surface area contributed by atoms with Crippen LogP contribution in [0.15, 0.2) is 23.8 Å². The van der Waals surface area contributed by atoms with Gasteiger partial charge in [-0.15, -0.1) is 0 Å². The Kier molecular flexibility index (Phi) is 4.91. The molecule has 80 valence electrons. The Hall–Kier alpha value is -0.600. The maximum atomic E-state index is 4.97. The van der Waals surface area contributed by atoms with E-state index in [4.69, 9.17) is 4.74 Å². The predicted octanol–water partition coefficient (Wildman–Crippen LogP) is 1.99. The average molecular weight is 195 g/mol. The standard InChI is InChI=1S/C12H21NO/c1-10-4-5-12(8-11(10)2)9-13-6-7-14-3/h4-5,8,10-11,13H,6-7,9H2,1-3H3/t10-,11?/m0/s1. The van der Waals surface area contributed by atoms with Crippen LogP contribution < -0.4 is 5.32 Å². The summed E-state index contributed by atoms with van der Waals surface area (Å²) >= 11 is 0. The van der Waals surface area contributed by atoms with Crippen molar-refractivity contribution in [1.82, 2.24) is 5.32 Å². The SMILES string of the molecule is COCCNCC1=CC(C)[C@@H](C)C=C1. The Morgan fingerprint density at radius 3 is 2.79 bits per heavy atom. The highest BCUT2D eigenvalue weighted by molar-refractivity contribution is 5.26. The number of hydrogen-bond acceptors (Lipinski definition) is 2. The molecule has 0 radical (unpaired) electrons. The van der Waals surface area contributed by atoms with Gasteiger partial charge in [0, 0.05) is 20.2 Å². The number of ether oxygens (including phenoxy) is 1. The fourth-order valence-corrected chi connectivity index (χ4v) is 1.52. The van der Waals surface area contributed by atoms with E-state index in [2.05, 4.69) is 37.4 Å². The monoisotopic (exact) mass is 195 g/mol. The molecule has 0 saturated heterocycles. The van der Waals surface area contributed by atoms with Crippen molar-refractivity contribution in [3.8, 4) is 0 Å². The summed E-state index contributed by atoms with van der Waals surface area (Å²) in [5, 5.41) is 3.35. The minimum atomic E-state index is 0.666. The van der Waals surface area contributed by atoms with Crippen molar-refractivity contribution in [2.75, 3.05) is 26.8 Å². The topological polar surface area (TPSA) is 21.3 Å². The first-order valence-corrected chi connectivity index (χ1v) is 5.32. The van der Waals surface area contributed by atoms with Gasteiger partial charge in [-0.2, -0.15) is 0 Å². The second-order valence-electron chi connectivity index (χ2n) is 3.99. The molecule has 2 nitrogen and oxygen atoms in total. The molecule has 0 spiro atoms. The van der Waals surface area contributed by atoms with Crippen LogP contribution in [0.3, 0.4) is 0 Å². The predicted molar refractivity (Wildman–Crippen MR) is 60.3 cm³/mol. The van der Waals surface area contributed by atoms with Gasteiger partial charge in [-0.1, -0.05) is 32.1 Å². The van der Waals surface area contributed by atoms with Crippen LogP contribution in [-0.2, 0) is 4.74 Å². The van der Waals surface area contributed by atoms with Gasteiger partial charge in [0.2, 0.25) is 0 Å². The molecule has 2 atom stereocenters. The molecule has 1 rings (SSSR count). The largest absolute Gasteiger partial charge is 0.383 e. The van der Waals surface area contributed by atoms with Gasteiger partial charge in [-0.25, -0.2) is 0 Å². The fourth-order valence-electron chi connectivity index (χ4n) is 1.52. The van der Waals surface area contributed by atoms with Crippen LogP contribution in [0.2, 0.25) is 0 Å². The van der Waals surface area contributed by atoms with Gasteiger partial charge in [0.05, 0.1) is 6.61 Å². The van der Waals surface area contributed by atoms with Crippen LogP contribution in [0.4, 0.5) is 0 Å². The van der Waals surface area contributed by atoms with Gasteiger partial charge in [0.25, 0.3) is 0 Å². The third-order valence-electron chi connectivity index (χ3n) is 2.73. The molecule has 0 aromatic carbocycles. The molecule has 0 saturated carbocycles. The molecule has 1 unspecified atom stereocenters. The van der Waals surface area contributed by atoms with Crippen LogP contribution in [0.5, 0.6) is 0 Å². The maximum Gasteiger partial charge on any atom is 0.0587 e. The third kappa shape index (κ3) is 3.64. The van der Waals surface area contributed by atoms with E-state index in [9.17, 15) is 0 Å². The Bertz CT molecular complexity index is 220. The van der Waals surface area contributed by atoms with E-state index < -0.39 is 0 Å². The van der Waals surface area contributed by atoms with E-state index in [-0.39, 0.29) is 0 Å². The number of nitrogens with one attached hydrogen (secondary N) is 1. The zero-order valence-electron chi connectivity index (χ0n) is 9.42. The normalized spacial score (nSPS) is 26.4. The molecule has 0 bridgehead atoms. The van der Waals surface area contributed by atoms with E-state index in [0.29, 0.717) is 11.8 Å². The zero-order chi connectivity index (χ0) is 10.4. The minimum absolute atomic E-state index is 0.666. The van der Waals surface area contributed by atoms with E-state index in [1.165, 1.54) is 5.57 Å². The van der Waals surface area contributed by atoms with Gasteiger partial charge >= 0.3 is 0 Å². The minimum Gasteiger partial charge on any atom is -0.383 e. The van der Waals surface area contributed by atoms with Crippen LogP contribution in [0, 0.1) is 11.8 Å². The van der Waals surface area contributed by atoms with Gasteiger partial charge < -0.3 is 10.1 Å². The fraction of sp³-hybridized carbons (Fsp3) is 0.667. The van der Waals surface area contributed by atoms with Crippen molar-refractivity contribution in [2.45, 2.75) is 13.8 Å². The van der Waals surface area contributed by atoms with Crippen molar-refractivity contribution in [1.29, 1.82) is 0 Å². The molecule has 0 fully saturated rings. The average Bonchev–Trinajstić information content (AvgIpc) is 2.18. The molecule has 14 heavy (non-hydrogen) atoms. The van der Waals surface area contributed by atoms with E-state index in [0.717, 1.165) is 19.7 Å². The molecule has 0 aromatic rings. The van der Waals surface area contributed by atoms with Gasteiger partial charge in [0.15, 0.2) is 0 Å². The molecule has 2 heteroatoms. The Morgan fingerprint density at radius 1 is 1.36 bits per heavy atom. The maximum absolute atomic E-state index is 4.97. The highest BCUT2D eigenvalue weighted by Gasteiger charge is 2.11. The van der Waals surface area contributed by atoms with Crippen LogP contribution >= 0.6 is 0 Å². The lowest BCUT2D eigenvalue weighted by atomic mass is 9.89. The summed E-state index contributed by atoms with van der Waals surface area (Å²) < 4.78 is 4.97. The number of rotatable bonds is 5. The van der Waals surface area contributed by atoms with Crippen molar-refractivity contribution in [3.05, 3.63) is 23.8 Å². The lowest BCUT2D eigenvalue weighted by molar-refractivity contribution is 0.200. The zero-order valence-corrected chi connectivity index (χ0v) is 9.42. The molecule has 0 amide bonds. The van der Waals surface area contributed by atoms with Gasteiger partial charge in [-0.05, 0) is 17.4 Å². The summed E-state index contributed by atoms with van der Waals surface area (Å²) in [6, 6.07) is 0. The van der Waals surface area contributed by atoms with E-state index in [1.807, 2.05) is 0 Å².